The molecule has 2 rings (SSSR count). The number of benzene rings is 1. The number of hydrogen-bond acceptors (Lipinski definition) is 3. The lowest BCUT2D eigenvalue weighted by molar-refractivity contribution is -0.122. The third-order valence-corrected chi connectivity index (χ3v) is 5.02. The summed E-state index contributed by atoms with van der Waals surface area (Å²) in [6, 6.07) is 8.01. The molecule has 142 valence electrons. The molecule has 3 atom stereocenters. The number of para-hydroxylation sites is 1. The minimum atomic E-state index is 0. The Morgan fingerprint density at radius 2 is 2.16 bits per heavy atom. The first-order valence-electron chi connectivity index (χ1n) is 9.29. The van der Waals surface area contributed by atoms with Gasteiger partial charge >= 0.3 is 0 Å². The first-order chi connectivity index (χ1) is 11.6. The van der Waals surface area contributed by atoms with Gasteiger partial charge in [-0.15, -0.1) is 12.4 Å². The molecule has 0 radical (unpaired) electrons. The molecular weight excluding hydrogens is 336 g/mol. The summed E-state index contributed by atoms with van der Waals surface area (Å²) >= 11 is 0. The number of piperidine rings is 1. The number of carbonyl (C=O) groups is 1. The van der Waals surface area contributed by atoms with Crippen LogP contribution in [0.15, 0.2) is 24.3 Å². The summed E-state index contributed by atoms with van der Waals surface area (Å²) in [7, 11) is 0. The van der Waals surface area contributed by atoms with Crippen molar-refractivity contribution in [1.82, 2.24) is 10.6 Å². The van der Waals surface area contributed by atoms with Gasteiger partial charge < -0.3 is 15.4 Å². The molecule has 25 heavy (non-hydrogen) atoms. The zero-order valence-electron chi connectivity index (χ0n) is 15.7. The van der Waals surface area contributed by atoms with Crippen LogP contribution < -0.4 is 15.4 Å². The highest BCUT2D eigenvalue weighted by Crippen LogP contribution is 2.22. The predicted octanol–water partition coefficient (Wildman–Crippen LogP) is 3.72. The first kappa shape index (κ1) is 21.8. The Labute approximate surface area is 158 Å². The zero-order valence-corrected chi connectivity index (χ0v) is 16.5. The highest BCUT2D eigenvalue weighted by atomic mass is 35.5. The number of halogens is 1. The van der Waals surface area contributed by atoms with Gasteiger partial charge in [-0.3, -0.25) is 4.79 Å². The molecule has 1 fully saturated rings. The second-order valence-corrected chi connectivity index (χ2v) is 7.01. The van der Waals surface area contributed by atoms with Gasteiger partial charge in [-0.1, -0.05) is 32.0 Å². The average molecular weight is 369 g/mol. The molecule has 0 spiro atoms. The summed E-state index contributed by atoms with van der Waals surface area (Å²) < 4.78 is 6.04. The molecule has 5 heteroatoms. The molecule has 0 aromatic heterocycles. The lowest BCUT2D eigenvalue weighted by Crippen LogP contribution is -2.38. The maximum absolute atomic E-state index is 12.2. The van der Waals surface area contributed by atoms with Crippen LogP contribution in [-0.4, -0.2) is 31.6 Å². The van der Waals surface area contributed by atoms with Gasteiger partial charge in [0, 0.05) is 6.42 Å². The molecule has 0 saturated carbocycles. The second kappa shape index (κ2) is 11.4. The summed E-state index contributed by atoms with van der Waals surface area (Å²) in [6.07, 6.45) is 3.94. The number of amides is 1. The van der Waals surface area contributed by atoms with Gasteiger partial charge in [0.05, 0.1) is 6.54 Å². The van der Waals surface area contributed by atoms with E-state index in [9.17, 15) is 4.79 Å². The highest BCUT2D eigenvalue weighted by Gasteiger charge is 2.22. The molecule has 4 nitrogen and oxygen atoms in total. The van der Waals surface area contributed by atoms with E-state index in [0.717, 1.165) is 30.8 Å². The Morgan fingerprint density at radius 3 is 2.80 bits per heavy atom. The monoisotopic (exact) mass is 368 g/mol. The number of hydrogen-bond donors (Lipinski definition) is 2. The summed E-state index contributed by atoms with van der Waals surface area (Å²) in [5.74, 6) is 2.09. The molecular formula is C20H33ClN2O2. The van der Waals surface area contributed by atoms with Gasteiger partial charge in [0.25, 0.3) is 0 Å². The fourth-order valence-electron chi connectivity index (χ4n) is 3.26. The minimum Gasteiger partial charge on any atom is -0.488 e. The predicted molar refractivity (Wildman–Crippen MR) is 106 cm³/mol. The topological polar surface area (TPSA) is 50.4 Å². The molecule has 3 unspecified atom stereocenters. The normalized spacial score (nSPS) is 19.4. The van der Waals surface area contributed by atoms with E-state index in [1.54, 1.807) is 0 Å². The van der Waals surface area contributed by atoms with Crippen LogP contribution in [0.5, 0.6) is 5.75 Å². The average Bonchev–Trinajstić information content (AvgIpc) is 2.60. The van der Waals surface area contributed by atoms with Gasteiger partial charge in [0.1, 0.15) is 11.9 Å². The molecule has 2 N–H and O–H groups in total. The zero-order chi connectivity index (χ0) is 17.4. The van der Waals surface area contributed by atoms with Crippen LogP contribution in [0.2, 0.25) is 0 Å². The molecule has 0 aliphatic carbocycles. The van der Waals surface area contributed by atoms with Gasteiger partial charge in [-0.05, 0) is 62.7 Å². The Kier molecular flexibility index (Phi) is 9.91. The highest BCUT2D eigenvalue weighted by molar-refractivity contribution is 5.85. The number of rotatable bonds is 8. The van der Waals surface area contributed by atoms with Gasteiger partial charge in [-0.25, -0.2) is 0 Å². The SMILES string of the molecule is CCC(CNC(=O)CC(C)C1CCCNC1)Oc1ccccc1C.Cl. The van der Waals surface area contributed by atoms with Crippen molar-refractivity contribution >= 4 is 18.3 Å². The molecule has 1 amide bonds. The molecule has 1 aromatic carbocycles. The quantitative estimate of drug-likeness (QED) is 0.735. The molecule has 1 heterocycles. The number of ether oxygens (including phenoxy) is 1. The van der Waals surface area contributed by atoms with E-state index in [1.165, 1.54) is 12.8 Å². The van der Waals surface area contributed by atoms with Crippen molar-refractivity contribution in [2.24, 2.45) is 11.8 Å². The van der Waals surface area contributed by atoms with E-state index >= 15 is 0 Å². The fourth-order valence-corrected chi connectivity index (χ4v) is 3.26. The molecule has 0 bridgehead atoms. The third-order valence-electron chi connectivity index (χ3n) is 5.02. The summed E-state index contributed by atoms with van der Waals surface area (Å²) in [6.45, 7) is 9.05. The fraction of sp³-hybridized carbons (Fsp3) is 0.650. The van der Waals surface area contributed by atoms with Crippen molar-refractivity contribution in [3.05, 3.63) is 29.8 Å². The van der Waals surface area contributed by atoms with Crippen molar-refractivity contribution in [1.29, 1.82) is 0 Å². The molecule has 1 aliphatic heterocycles. The maximum atomic E-state index is 12.2. The van der Waals surface area contributed by atoms with Crippen molar-refractivity contribution < 1.29 is 9.53 Å². The van der Waals surface area contributed by atoms with Crippen LogP contribution in [0.3, 0.4) is 0 Å². The summed E-state index contributed by atoms with van der Waals surface area (Å²) in [5.41, 5.74) is 1.13. The Morgan fingerprint density at radius 1 is 1.40 bits per heavy atom. The van der Waals surface area contributed by atoms with Crippen LogP contribution in [-0.2, 0) is 4.79 Å². The van der Waals surface area contributed by atoms with Crippen LogP contribution in [0.25, 0.3) is 0 Å². The minimum absolute atomic E-state index is 0. The van der Waals surface area contributed by atoms with Crippen LogP contribution in [0.4, 0.5) is 0 Å². The Balaban J connectivity index is 0.00000312. The van der Waals surface area contributed by atoms with E-state index in [2.05, 4.69) is 24.5 Å². The number of nitrogens with one attached hydrogen (secondary N) is 2. The van der Waals surface area contributed by atoms with E-state index in [0.29, 0.717) is 24.8 Å². The van der Waals surface area contributed by atoms with E-state index in [1.807, 2.05) is 31.2 Å². The molecule has 1 saturated heterocycles. The van der Waals surface area contributed by atoms with Crippen molar-refractivity contribution in [2.75, 3.05) is 19.6 Å². The van der Waals surface area contributed by atoms with Crippen LogP contribution in [0, 0.1) is 18.8 Å². The first-order valence-corrected chi connectivity index (χ1v) is 9.29. The van der Waals surface area contributed by atoms with Crippen LogP contribution >= 0.6 is 12.4 Å². The molecule has 1 aromatic rings. The van der Waals surface area contributed by atoms with Gasteiger partial charge in [0.15, 0.2) is 0 Å². The summed E-state index contributed by atoms with van der Waals surface area (Å²) in [4.78, 5) is 12.2. The third kappa shape index (κ3) is 7.25. The van der Waals surface area contributed by atoms with E-state index in [-0.39, 0.29) is 24.4 Å². The van der Waals surface area contributed by atoms with Crippen LogP contribution in [0.1, 0.15) is 45.1 Å². The lowest BCUT2D eigenvalue weighted by atomic mass is 9.85. The van der Waals surface area contributed by atoms with E-state index < -0.39 is 0 Å². The standard InChI is InChI=1S/C20H32N2O2.ClH/c1-4-18(24-19-10-6-5-8-15(19)2)14-22-20(23)12-16(3)17-9-7-11-21-13-17;/h5-6,8,10,16-18,21H,4,7,9,11-14H2,1-3H3,(H,22,23);1H. The largest absolute Gasteiger partial charge is 0.488 e. The van der Waals surface area contributed by atoms with Crippen molar-refractivity contribution in [2.45, 2.75) is 52.6 Å². The summed E-state index contributed by atoms with van der Waals surface area (Å²) in [5, 5.41) is 6.49. The number of aryl methyl sites for hydroxylation is 1. The molecule has 1 aliphatic rings. The Bertz CT molecular complexity index is 518. The lowest BCUT2D eigenvalue weighted by Gasteiger charge is -2.28. The van der Waals surface area contributed by atoms with Crippen molar-refractivity contribution in [3.8, 4) is 5.75 Å². The second-order valence-electron chi connectivity index (χ2n) is 7.01. The number of carbonyl (C=O) groups excluding carboxylic acids is 1. The van der Waals surface area contributed by atoms with Gasteiger partial charge in [0.2, 0.25) is 5.91 Å². The maximum Gasteiger partial charge on any atom is 0.220 e. The smallest absolute Gasteiger partial charge is 0.220 e. The van der Waals surface area contributed by atoms with Gasteiger partial charge in [-0.2, -0.15) is 0 Å². The van der Waals surface area contributed by atoms with Crippen molar-refractivity contribution in [3.63, 3.8) is 0 Å². The Hall–Kier alpha value is -1.26. The van der Waals surface area contributed by atoms with E-state index in [4.69, 9.17) is 4.74 Å².